The number of aromatic nitrogens is 7. The van der Waals surface area contributed by atoms with Crippen molar-refractivity contribution in [3.8, 4) is 34.7 Å². The Kier molecular flexibility index (Phi) is 7.27. The van der Waals surface area contributed by atoms with Gasteiger partial charge in [-0.25, -0.2) is 0 Å². The summed E-state index contributed by atoms with van der Waals surface area (Å²) in [6.45, 7) is 0. The third-order valence-corrected chi connectivity index (χ3v) is 13.0. The van der Waals surface area contributed by atoms with Gasteiger partial charge in [0.2, 0.25) is 11.9 Å². The van der Waals surface area contributed by atoms with Gasteiger partial charge in [0.05, 0.1) is 49.8 Å². The first kappa shape index (κ1) is 34.9. The highest BCUT2D eigenvalue weighted by atomic mass is 15.3. The second-order valence-electron chi connectivity index (χ2n) is 16.4. The van der Waals surface area contributed by atoms with Crippen LogP contribution in [0.15, 0.2) is 212 Å². The minimum absolute atomic E-state index is 0.551. The summed E-state index contributed by atoms with van der Waals surface area (Å²) in [5.74, 6) is 1.68. The van der Waals surface area contributed by atoms with Crippen LogP contribution in [-0.2, 0) is 0 Å². The van der Waals surface area contributed by atoms with Crippen LogP contribution in [0.25, 0.3) is 122 Å². The minimum atomic E-state index is 0.551. The van der Waals surface area contributed by atoms with Crippen molar-refractivity contribution in [3.05, 3.63) is 212 Å². The molecule has 0 saturated heterocycles. The molecule has 0 aliphatic rings. The number of nitrogens with zero attached hydrogens (tertiary/aromatic N) is 7. The highest BCUT2D eigenvalue weighted by molar-refractivity contribution is 6.15. The lowest BCUT2D eigenvalue weighted by atomic mass is 10.1. The van der Waals surface area contributed by atoms with Gasteiger partial charge in [0.15, 0.2) is 5.82 Å². The summed E-state index contributed by atoms with van der Waals surface area (Å²) in [6, 6.07) is 75.5. The predicted molar refractivity (Wildman–Crippen MR) is 263 cm³/mol. The van der Waals surface area contributed by atoms with Crippen LogP contribution in [0, 0.1) is 0 Å². The zero-order valence-corrected chi connectivity index (χ0v) is 34.3. The van der Waals surface area contributed by atoms with Crippen LogP contribution in [0.2, 0.25) is 0 Å². The smallest absolute Gasteiger partial charge is 0.240 e. The quantitative estimate of drug-likeness (QED) is 0.174. The van der Waals surface area contributed by atoms with Crippen LogP contribution in [-0.4, -0.2) is 33.2 Å². The lowest BCUT2D eigenvalue weighted by molar-refractivity contribution is 0.892. The van der Waals surface area contributed by atoms with E-state index in [-0.39, 0.29) is 0 Å². The molecular weight excluding hydrogens is 783 g/mol. The third-order valence-electron chi connectivity index (χ3n) is 13.0. The van der Waals surface area contributed by atoms with Crippen LogP contribution < -0.4 is 0 Å². The summed E-state index contributed by atoms with van der Waals surface area (Å²) in [5, 5.41) is 9.41. The molecule has 9 aromatic carbocycles. The molecule has 14 aromatic rings. The van der Waals surface area contributed by atoms with E-state index in [1.807, 2.05) is 0 Å². The van der Waals surface area contributed by atoms with Crippen molar-refractivity contribution in [1.29, 1.82) is 0 Å². The van der Waals surface area contributed by atoms with E-state index in [2.05, 4.69) is 231 Å². The molecule has 0 amide bonds. The van der Waals surface area contributed by atoms with E-state index in [9.17, 15) is 0 Å². The van der Waals surface area contributed by atoms with Crippen molar-refractivity contribution in [2.75, 3.05) is 0 Å². The Morgan fingerprint density at radius 2 is 0.609 bits per heavy atom. The average Bonchev–Trinajstić information content (AvgIpc) is 4.09. The van der Waals surface area contributed by atoms with Gasteiger partial charge in [-0.15, -0.1) is 0 Å². The van der Waals surface area contributed by atoms with E-state index in [0.717, 1.165) is 71.6 Å². The molecule has 0 saturated carbocycles. The van der Waals surface area contributed by atoms with Crippen molar-refractivity contribution in [2.45, 2.75) is 0 Å². The van der Waals surface area contributed by atoms with E-state index < -0.39 is 0 Å². The number of fused-ring (bicyclic) bond motifs is 12. The predicted octanol–water partition coefficient (Wildman–Crippen LogP) is 13.9. The second-order valence-corrected chi connectivity index (χ2v) is 16.4. The SMILES string of the molecule is c1cc(-c2nc(-n3c4ccccc4c4ccccc43)nc(-n3c4ccccc4c4ccccc43)n2)cc(-n2c3ccccc3c3cccc(-n4c5ccccc5c5ccccc54)c32)c1. The number of para-hydroxylation sites is 8. The van der Waals surface area contributed by atoms with Gasteiger partial charge in [0.25, 0.3) is 0 Å². The lowest BCUT2D eigenvalue weighted by Crippen LogP contribution is -2.10. The van der Waals surface area contributed by atoms with Crippen molar-refractivity contribution in [2.24, 2.45) is 0 Å². The number of hydrogen-bond donors (Lipinski definition) is 0. The topological polar surface area (TPSA) is 58.4 Å². The molecule has 5 heterocycles. The maximum absolute atomic E-state index is 5.40. The van der Waals surface area contributed by atoms with E-state index in [4.69, 9.17) is 15.0 Å². The molecule has 14 rings (SSSR count). The fourth-order valence-corrected chi connectivity index (χ4v) is 10.4. The van der Waals surface area contributed by atoms with Gasteiger partial charge in [-0.3, -0.25) is 9.13 Å². The number of benzene rings is 9. The Balaban J connectivity index is 1.05. The fraction of sp³-hybridized carbons (Fsp3) is 0. The number of hydrogen-bond acceptors (Lipinski definition) is 3. The highest BCUT2D eigenvalue weighted by Crippen LogP contribution is 2.41. The van der Waals surface area contributed by atoms with Crippen LogP contribution in [0.4, 0.5) is 0 Å². The third kappa shape index (κ3) is 4.89. The zero-order valence-electron chi connectivity index (χ0n) is 34.3. The summed E-state index contributed by atoms with van der Waals surface area (Å²) in [4.78, 5) is 16.2. The van der Waals surface area contributed by atoms with Crippen LogP contribution >= 0.6 is 0 Å². The molecule has 0 aliphatic carbocycles. The molecule has 64 heavy (non-hydrogen) atoms. The molecule has 0 N–H and O–H groups in total. The average molecular weight is 818 g/mol. The number of rotatable bonds is 5. The molecule has 0 unspecified atom stereocenters. The fourth-order valence-electron chi connectivity index (χ4n) is 10.4. The molecule has 0 spiro atoms. The summed E-state index contributed by atoms with van der Waals surface area (Å²) < 4.78 is 9.20. The molecule has 0 bridgehead atoms. The molecule has 0 aliphatic heterocycles. The minimum Gasteiger partial charge on any atom is -0.307 e. The van der Waals surface area contributed by atoms with Crippen LogP contribution in [0.1, 0.15) is 0 Å². The Labute approximate surface area is 366 Å². The Hall–Kier alpha value is -8.81. The maximum Gasteiger partial charge on any atom is 0.240 e. The van der Waals surface area contributed by atoms with Gasteiger partial charge in [-0.1, -0.05) is 152 Å². The van der Waals surface area contributed by atoms with Crippen molar-refractivity contribution in [1.82, 2.24) is 33.2 Å². The van der Waals surface area contributed by atoms with Crippen molar-refractivity contribution >= 4 is 87.2 Å². The van der Waals surface area contributed by atoms with Gasteiger partial charge in [0, 0.05) is 54.3 Å². The van der Waals surface area contributed by atoms with E-state index in [0.29, 0.717) is 17.7 Å². The van der Waals surface area contributed by atoms with E-state index in [1.165, 1.54) is 32.6 Å². The normalized spacial score (nSPS) is 12.1. The first-order valence-corrected chi connectivity index (χ1v) is 21.6. The highest BCUT2D eigenvalue weighted by Gasteiger charge is 2.23. The molecule has 298 valence electrons. The molecule has 7 nitrogen and oxygen atoms in total. The standard InChI is InChI=1S/C57H35N7/c1-9-28-47-38(19-1)39-20-2-10-29-48(39)62(47)53-34-16-26-45-44-25-7-8-27-46(44)61(54(45)53)37-18-15-17-36(35-37)55-58-56(63-49-30-11-3-21-40(49)41-22-4-12-31-50(41)63)60-57(59-55)64-51-32-13-5-23-42(51)43-24-6-14-33-52(43)64/h1-35H. The summed E-state index contributed by atoms with van der Waals surface area (Å²) in [5.41, 5.74) is 11.7. The van der Waals surface area contributed by atoms with Crippen LogP contribution in [0.5, 0.6) is 0 Å². The summed E-state index contributed by atoms with van der Waals surface area (Å²) in [6.07, 6.45) is 0. The first-order valence-electron chi connectivity index (χ1n) is 21.6. The molecule has 7 heteroatoms. The van der Waals surface area contributed by atoms with Crippen LogP contribution in [0.3, 0.4) is 0 Å². The van der Waals surface area contributed by atoms with Gasteiger partial charge < -0.3 is 9.13 Å². The largest absolute Gasteiger partial charge is 0.307 e. The Morgan fingerprint density at radius 3 is 1.05 bits per heavy atom. The molecule has 0 atom stereocenters. The molecular formula is C57H35N7. The molecule has 5 aromatic heterocycles. The summed E-state index contributed by atoms with van der Waals surface area (Å²) >= 11 is 0. The summed E-state index contributed by atoms with van der Waals surface area (Å²) in [7, 11) is 0. The monoisotopic (exact) mass is 817 g/mol. The Bertz CT molecular complexity index is 3930. The first-order chi connectivity index (χ1) is 31.8. The molecule has 0 radical (unpaired) electrons. The van der Waals surface area contributed by atoms with Gasteiger partial charge in [-0.2, -0.15) is 15.0 Å². The second kappa shape index (κ2) is 13.3. The lowest BCUT2D eigenvalue weighted by Gasteiger charge is -2.15. The molecule has 0 fully saturated rings. The van der Waals surface area contributed by atoms with Gasteiger partial charge in [-0.05, 0) is 60.7 Å². The van der Waals surface area contributed by atoms with Crippen molar-refractivity contribution in [3.63, 3.8) is 0 Å². The van der Waals surface area contributed by atoms with Gasteiger partial charge in [0.1, 0.15) is 0 Å². The van der Waals surface area contributed by atoms with Gasteiger partial charge >= 0.3 is 0 Å². The zero-order chi connectivity index (χ0) is 41.9. The van der Waals surface area contributed by atoms with E-state index in [1.54, 1.807) is 0 Å². The maximum atomic E-state index is 5.40. The van der Waals surface area contributed by atoms with E-state index >= 15 is 0 Å². The Morgan fingerprint density at radius 1 is 0.266 bits per heavy atom. The van der Waals surface area contributed by atoms with Crippen molar-refractivity contribution < 1.29 is 0 Å².